The second kappa shape index (κ2) is 3.47. The van der Waals surface area contributed by atoms with Gasteiger partial charge in [0.15, 0.2) is 5.69 Å². The summed E-state index contributed by atoms with van der Waals surface area (Å²) in [4.78, 5) is 11.3. The van der Waals surface area contributed by atoms with Gasteiger partial charge in [0.25, 0.3) is 0 Å². The van der Waals surface area contributed by atoms with Crippen molar-refractivity contribution in [1.82, 2.24) is 4.73 Å². The number of carbonyl (C=O) groups is 1. The number of methoxy groups -OCH3 is 1. The van der Waals surface area contributed by atoms with E-state index >= 15 is 0 Å². The van der Waals surface area contributed by atoms with Crippen LogP contribution in [0.3, 0.4) is 0 Å². The number of halogens is 1. The first-order valence-corrected chi connectivity index (χ1v) is 4.60. The summed E-state index contributed by atoms with van der Waals surface area (Å²) in [6.07, 6.45) is 0. The highest BCUT2D eigenvalue weighted by Gasteiger charge is 2.16. The summed E-state index contributed by atoms with van der Waals surface area (Å²) < 4.78 is 5.29. The Bertz CT molecular complexity index is 533. The Kier molecular flexibility index (Phi) is 2.28. The van der Waals surface area contributed by atoms with Crippen molar-refractivity contribution in [3.63, 3.8) is 0 Å². The number of nitrogens with zero attached hydrogens (tertiary/aromatic N) is 1. The van der Waals surface area contributed by atoms with Gasteiger partial charge >= 0.3 is 5.97 Å². The largest absolute Gasteiger partial charge is 0.464 e. The van der Waals surface area contributed by atoms with E-state index in [1.807, 2.05) is 0 Å². The number of rotatable bonds is 1. The number of ether oxygens (including phenoxy) is 1. The molecule has 0 aliphatic rings. The minimum Gasteiger partial charge on any atom is -0.464 e. The molecular formula is C10H8ClNO3. The molecule has 1 heterocycles. The lowest BCUT2D eigenvalue weighted by Gasteiger charge is -1.99. The molecule has 0 saturated carbocycles. The van der Waals surface area contributed by atoms with Crippen LogP contribution in [-0.4, -0.2) is 23.0 Å². The van der Waals surface area contributed by atoms with Gasteiger partial charge < -0.3 is 9.94 Å². The molecule has 0 spiro atoms. The van der Waals surface area contributed by atoms with Crippen LogP contribution in [0.15, 0.2) is 24.3 Å². The zero-order valence-corrected chi connectivity index (χ0v) is 8.65. The molecular weight excluding hydrogens is 218 g/mol. The second-order valence-electron chi connectivity index (χ2n) is 3.01. The number of fused-ring (bicyclic) bond motifs is 1. The summed E-state index contributed by atoms with van der Waals surface area (Å²) in [6, 6.07) is 6.53. The van der Waals surface area contributed by atoms with Crippen LogP contribution in [0.4, 0.5) is 0 Å². The fraction of sp³-hybridized carbons (Fsp3) is 0.100. The van der Waals surface area contributed by atoms with Crippen LogP contribution < -0.4 is 0 Å². The highest BCUT2D eigenvalue weighted by atomic mass is 35.5. The molecule has 1 aromatic carbocycles. The topological polar surface area (TPSA) is 51.5 Å². The first-order valence-electron chi connectivity index (χ1n) is 4.22. The van der Waals surface area contributed by atoms with Crippen molar-refractivity contribution in [1.29, 1.82) is 0 Å². The van der Waals surface area contributed by atoms with Crippen molar-refractivity contribution in [3.8, 4) is 0 Å². The third-order valence-corrected chi connectivity index (χ3v) is 2.49. The highest BCUT2D eigenvalue weighted by Crippen LogP contribution is 2.26. The van der Waals surface area contributed by atoms with Crippen molar-refractivity contribution in [2.75, 3.05) is 7.11 Å². The van der Waals surface area contributed by atoms with Gasteiger partial charge in [-0.05, 0) is 18.2 Å². The van der Waals surface area contributed by atoms with Crippen molar-refractivity contribution in [2.45, 2.75) is 0 Å². The molecule has 1 aromatic heterocycles. The Morgan fingerprint density at radius 1 is 1.53 bits per heavy atom. The maximum absolute atomic E-state index is 11.3. The highest BCUT2D eigenvalue weighted by molar-refractivity contribution is 6.35. The zero-order chi connectivity index (χ0) is 11.0. The van der Waals surface area contributed by atoms with Crippen molar-refractivity contribution < 1.29 is 14.7 Å². The minimum atomic E-state index is -0.607. The summed E-state index contributed by atoms with van der Waals surface area (Å²) in [5, 5.41) is 10.8. The van der Waals surface area contributed by atoms with E-state index in [2.05, 4.69) is 4.74 Å². The normalized spacial score (nSPS) is 10.5. The van der Waals surface area contributed by atoms with Gasteiger partial charge in [-0.25, -0.2) is 4.79 Å². The quantitative estimate of drug-likeness (QED) is 0.599. The van der Waals surface area contributed by atoms with E-state index in [-0.39, 0.29) is 5.69 Å². The Morgan fingerprint density at radius 2 is 2.27 bits per heavy atom. The van der Waals surface area contributed by atoms with Crippen LogP contribution in [0.5, 0.6) is 0 Å². The molecule has 0 aliphatic heterocycles. The van der Waals surface area contributed by atoms with Crippen LogP contribution in [0.25, 0.3) is 10.9 Å². The summed E-state index contributed by atoms with van der Waals surface area (Å²) in [5.41, 5.74) is 0.531. The molecule has 2 rings (SSSR count). The van der Waals surface area contributed by atoms with Crippen LogP contribution in [0, 0.1) is 0 Å². The first kappa shape index (κ1) is 9.86. The third-order valence-electron chi connectivity index (χ3n) is 2.16. The van der Waals surface area contributed by atoms with Gasteiger partial charge in [-0.3, -0.25) is 0 Å². The zero-order valence-electron chi connectivity index (χ0n) is 7.90. The van der Waals surface area contributed by atoms with E-state index < -0.39 is 5.97 Å². The Labute approximate surface area is 90.6 Å². The Balaban J connectivity index is 2.75. The number of aromatic nitrogens is 1. The number of esters is 1. The summed E-state index contributed by atoms with van der Waals surface area (Å²) in [6.45, 7) is 0. The maximum Gasteiger partial charge on any atom is 0.358 e. The molecule has 15 heavy (non-hydrogen) atoms. The Hall–Kier alpha value is -1.68. The number of benzene rings is 1. The van der Waals surface area contributed by atoms with E-state index in [4.69, 9.17) is 11.6 Å². The predicted octanol–water partition coefficient (Wildman–Crippen LogP) is 2.32. The summed E-state index contributed by atoms with van der Waals surface area (Å²) >= 11 is 5.91. The molecule has 0 amide bonds. The lowest BCUT2D eigenvalue weighted by molar-refractivity contribution is 0.0554. The van der Waals surface area contributed by atoms with E-state index in [0.29, 0.717) is 15.9 Å². The second-order valence-corrected chi connectivity index (χ2v) is 3.41. The summed E-state index contributed by atoms with van der Waals surface area (Å²) in [7, 11) is 1.25. The fourth-order valence-electron chi connectivity index (χ4n) is 1.43. The standard InChI is InChI=1S/C10H8ClNO3/c1-15-10(13)9-5-6-7(11)3-2-4-8(6)12(9)14/h2-5,14H,1H3. The molecule has 0 aliphatic carbocycles. The average molecular weight is 226 g/mol. The molecule has 0 fully saturated rings. The monoisotopic (exact) mass is 225 g/mol. The van der Waals surface area contributed by atoms with Crippen molar-refractivity contribution in [2.24, 2.45) is 0 Å². The SMILES string of the molecule is COC(=O)c1cc2c(Cl)cccc2n1O. The van der Waals surface area contributed by atoms with Crippen LogP contribution in [0.2, 0.25) is 5.02 Å². The van der Waals surface area contributed by atoms with Gasteiger partial charge in [0.05, 0.1) is 17.6 Å². The van der Waals surface area contributed by atoms with E-state index in [1.165, 1.54) is 13.2 Å². The van der Waals surface area contributed by atoms with E-state index in [1.54, 1.807) is 18.2 Å². The van der Waals surface area contributed by atoms with Gasteiger partial charge in [-0.15, -0.1) is 0 Å². The van der Waals surface area contributed by atoms with Gasteiger partial charge in [0.1, 0.15) is 0 Å². The molecule has 1 N–H and O–H groups in total. The molecule has 4 nitrogen and oxygen atoms in total. The number of hydrogen-bond acceptors (Lipinski definition) is 3. The molecule has 5 heteroatoms. The lowest BCUT2D eigenvalue weighted by atomic mass is 10.2. The van der Waals surface area contributed by atoms with Gasteiger partial charge in [-0.2, -0.15) is 4.73 Å². The fourth-order valence-corrected chi connectivity index (χ4v) is 1.65. The molecule has 2 aromatic rings. The van der Waals surface area contributed by atoms with Crippen LogP contribution in [-0.2, 0) is 4.74 Å². The molecule has 0 saturated heterocycles. The number of carbonyl (C=O) groups excluding carboxylic acids is 1. The van der Waals surface area contributed by atoms with E-state index in [9.17, 15) is 10.0 Å². The third kappa shape index (κ3) is 1.43. The molecule has 0 unspecified atom stereocenters. The summed E-state index contributed by atoms with van der Waals surface area (Å²) in [5.74, 6) is -0.607. The van der Waals surface area contributed by atoms with E-state index in [0.717, 1.165) is 4.73 Å². The van der Waals surface area contributed by atoms with Crippen LogP contribution in [0.1, 0.15) is 10.5 Å². The smallest absolute Gasteiger partial charge is 0.358 e. The van der Waals surface area contributed by atoms with Crippen LogP contribution >= 0.6 is 11.6 Å². The minimum absolute atomic E-state index is 0.0561. The predicted molar refractivity (Wildman–Crippen MR) is 55.5 cm³/mol. The van der Waals surface area contributed by atoms with Gasteiger partial charge in [0, 0.05) is 5.39 Å². The first-order chi connectivity index (χ1) is 7.15. The van der Waals surface area contributed by atoms with Crippen molar-refractivity contribution in [3.05, 3.63) is 35.0 Å². The average Bonchev–Trinajstić information content (AvgIpc) is 2.57. The molecule has 78 valence electrons. The van der Waals surface area contributed by atoms with Gasteiger partial charge in [0.2, 0.25) is 0 Å². The Morgan fingerprint density at radius 3 is 2.87 bits per heavy atom. The molecule has 0 radical (unpaired) electrons. The molecule has 0 bridgehead atoms. The lowest BCUT2D eigenvalue weighted by Crippen LogP contribution is -2.07. The maximum atomic E-state index is 11.3. The number of hydrogen-bond donors (Lipinski definition) is 1. The molecule has 0 atom stereocenters. The van der Waals surface area contributed by atoms with Gasteiger partial charge in [-0.1, -0.05) is 17.7 Å². The van der Waals surface area contributed by atoms with Crippen molar-refractivity contribution >= 4 is 28.5 Å².